The molecule has 10 nitrogen and oxygen atoms in total. The maximum Gasteiger partial charge on any atom is 0.327 e. The summed E-state index contributed by atoms with van der Waals surface area (Å²) in [4.78, 5) is 54.5. The zero-order valence-corrected chi connectivity index (χ0v) is 19.7. The van der Waals surface area contributed by atoms with Crippen molar-refractivity contribution in [3.8, 4) is 0 Å². The molecule has 3 rings (SSSR count). The van der Waals surface area contributed by atoms with E-state index in [0.29, 0.717) is 32.2 Å². The Bertz CT molecular complexity index is 867. The molecule has 3 fully saturated rings. The van der Waals surface area contributed by atoms with Crippen LogP contribution in [0.2, 0.25) is 0 Å². The van der Waals surface area contributed by atoms with Crippen LogP contribution in [-0.2, 0) is 29.0 Å². The lowest BCUT2D eigenvalue weighted by atomic mass is 9.81. The van der Waals surface area contributed by atoms with Gasteiger partial charge in [-0.15, -0.1) is 0 Å². The van der Waals surface area contributed by atoms with E-state index in [-0.39, 0.29) is 17.4 Å². The van der Waals surface area contributed by atoms with Crippen molar-refractivity contribution in [2.45, 2.75) is 69.9 Å². The number of imide groups is 1. The highest BCUT2D eigenvalue weighted by Gasteiger charge is 2.56. The van der Waals surface area contributed by atoms with Crippen LogP contribution < -0.4 is 0 Å². The van der Waals surface area contributed by atoms with Crippen LogP contribution in [0.4, 0.5) is 4.79 Å². The van der Waals surface area contributed by atoms with Crippen molar-refractivity contribution in [3.63, 3.8) is 0 Å². The molecule has 2 aliphatic heterocycles. The standard InChI is InChI=1S/C21H33N3O7S/c1-3-4-11-23(16-8-12-32(29,30)15-16)17(25)14-31-18(26)13-24-19(27)21(22(2)20(24)28)9-6-5-7-10-21/h16H,3-15H2,1-2H3. The summed E-state index contributed by atoms with van der Waals surface area (Å²) in [5, 5.41) is 0. The lowest BCUT2D eigenvalue weighted by Gasteiger charge is -2.35. The van der Waals surface area contributed by atoms with E-state index in [2.05, 4.69) is 0 Å². The van der Waals surface area contributed by atoms with Gasteiger partial charge in [-0.1, -0.05) is 32.6 Å². The number of rotatable bonds is 8. The molecule has 180 valence electrons. The second-order valence-corrected chi connectivity index (χ2v) is 11.2. The molecular formula is C21H33N3O7S. The molecule has 11 heteroatoms. The summed E-state index contributed by atoms with van der Waals surface area (Å²) >= 11 is 0. The van der Waals surface area contributed by atoms with Crippen molar-refractivity contribution >= 4 is 33.7 Å². The van der Waals surface area contributed by atoms with Crippen LogP contribution in [0.25, 0.3) is 0 Å². The maximum atomic E-state index is 13.0. The predicted molar refractivity (Wildman–Crippen MR) is 115 cm³/mol. The number of likely N-dealkylation sites (N-methyl/N-ethyl adjacent to an activating group) is 1. The van der Waals surface area contributed by atoms with E-state index in [1.165, 1.54) is 9.80 Å². The van der Waals surface area contributed by atoms with Gasteiger partial charge >= 0.3 is 12.0 Å². The van der Waals surface area contributed by atoms with Crippen LogP contribution >= 0.6 is 0 Å². The zero-order valence-electron chi connectivity index (χ0n) is 18.9. The third-order valence-electron chi connectivity index (χ3n) is 6.85. The van der Waals surface area contributed by atoms with Crippen LogP contribution in [0.3, 0.4) is 0 Å². The minimum Gasteiger partial charge on any atom is -0.454 e. The van der Waals surface area contributed by atoms with Crippen LogP contribution in [0.1, 0.15) is 58.3 Å². The first-order valence-corrected chi connectivity index (χ1v) is 13.2. The summed E-state index contributed by atoms with van der Waals surface area (Å²) in [7, 11) is -1.58. The van der Waals surface area contributed by atoms with Crippen molar-refractivity contribution in [1.29, 1.82) is 0 Å². The summed E-state index contributed by atoms with van der Waals surface area (Å²) in [5.41, 5.74) is -0.879. The third kappa shape index (κ3) is 4.92. The summed E-state index contributed by atoms with van der Waals surface area (Å²) < 4.78 is 28.7. The smallest absolute Gasteiger partial charge is 0.327 e. The first-order valence-electron chi connectivity index (χ1n) is 11.4. The van der Waals surface area contributed by atoms with Crippen LogP contribution in [-0.4, -0.2) is 96.8 Å². The molecule has 1 spiro atoms. The Kier molecular flexibility index (Phi) is 7.46. The van der Waals surface area contributed by atoms with Gasteiger partial charge in [0.2, 0.25) is 0 Å². The Morgan fingerprint density at radius 1 is 1.19 bits per heavy atom. The molecule has 3 aliphatic rings. The van der Waals surface area contributed by atoms with Crippen molar-refractivity contribution in [2.75, 3.05) is 38.2 Å². The number of unbranched alkanes of at least 4 members (excludes halogenated alkanes) is 1. The van der Waals surface area contributed by atoms with Crippen LogP contribution in [0.15, 0.2) is 0 Å². The molecule has 0 radical (unpaired) electrons. The minimum atomic E-state index is -3.17. The summed E-state index contributed by atoms with van der Waals surface area (Å²) in [6.07, 6.45) is 5.78. The summed E-state index contributed by atoms with van der Waals surface area (Å²) in [6.45, 7) is 1.28. The number of amides is 4. The molecule has 1 saturated carbocycles. The quantitative estimate of drug-likeness (QED) is 0.381. The summed E-state index contributed by atoms with van der Waals surface area (Å²) in [5.74, 6) is -1.72. The van der Waals surface area contributed by atoms with E-state index in [1.807, 2.05) is 6.92 Å². The van der Waals surface area contributed by atoms with E-state index < -0.39 is 52.5 Å². The molecular weight excluding hydrogens is 438 g/mol. The van der Waals surface area contributed by atoms with Gasteiger partial charge in [-0.25, -0.2) is 13.2 Å². The molecule has 0 aromatic carbocycles. The van der Waals surface area contributed by atoms with Crippen molar-refractivity contribution in [2.24, 2.45) is 0 Å². The largest absolute Gasteiger partial charge is 0.454 e. The Morgan fingerprint density at radius 3 is 2.47 bits per heavy atom. The maximum absolute atomic E-state index is 13.0. The Morgan fingerprint density at radius 2 is 1.88 bits per heavy atom. The van der Waals surface area contributed by atoms with E-state index in [4.69, 9.17) is 4.74 Å². The van der Waals surface area contributed by atoms with Gasteiger partial charge in [0.1, 0.15) is 12.1 Å². The molecule has 0 bridgehead atoms. The highest BCUT2D eigenvalue weighted by atomic mass is 32.2. The zero-order chi connectivity index (χ0) is 23.5. The molecule has 4 amide bonds. The molecule has 0 aromatic heterocycles. The number of carbonyl (C=O) groups is 4. The SMILES string of the molecule is CCCCN(C(=O)COC(=O)CN1C(=O)N(C)C2(CCCCC2)C1=O)C1CCS(=O)(=O)C1. The molecule has 2 heterocycles. The minimum absolute atomic E-state index is 0.0435. The fourth-order valence-electron chi connectivity index (χ4n) is 4.93. The number of nitrogens with zero attached hydrogens (tertiary/aromatic N) is 3. The van der Waals surface area contributed by atoms with Crippen molar-refractivity contribution in [3.05, 3.63) is 0 Å². The number of ether oxygens (including phenoxy) is 1. The van der Waals surface area contributed by atoms with Gasteiger partial charge in [-0.05, 0) is 25.7 Å². The molecule has 0 aromatic rings. The average molecular weight is 472 g/mol. The molecule has 1 atom stereocenters. The Hall–Kier alpha value is -2.17. The van der Waals surface area contributed by atoms with E-state index in [9.17, 15) is 27.6 Å². The van der Waals surface area contributed by atoms with Gasteiger partial charge in [0.25, 0.3) is 11.8 Å². The second-order valence-electron chi connectivity index (χ2n) is 8.98. The first kappa shape index (κ1) is 24.5. The normalized spacial score (nSPS) is 24.2. The number of hydrogen-bond donors (Lipinski definition) is 0. The second kappa shape index (κ2) is 9.76. The fraction of sp³-hybridized carbons (Fsp3) is 0.810. The van der Waals surface area contributed by atoms with Crippen LogP contribution in [0, 0.1) is 0 Å². The summed E-state index contributed by atoms with van der Waals surface area (Å²) in [6, 6.07) is -0.944. The topological polar surface area (TPSA) is 121 Å². The lowest BCUT2D eigenvalue weighted by molar-refractivity contribution is -0.154. The Balaban J connectivity index is 1.57. The monoisotopic (exact) mass is 471 g/mol. The number of carbonyl (C=O) groups excluding carboxylic acids is 4. The van der Waals surface area contributed by atoms with E-state index >= 15 is 0 Å². The van der Waals surface area contributed by atoms with Gasteiger partial charge in [-0.3, -0.25) is 19.3 Å². The van der Waals surface area contributed by atoms with E-state index in [1.54, 1.807) is 7.05 Å². The molecule has 1 unspecified atom stereocenters. The average Bonchev–Trinajstić information content (AvgIpc) is 3.20. The van der Waals surface area contributed by atoms with Gasteiger partial charge in [0.15, 0.2) is 16.4 Å². The van der Waals surface area contributed by atoms with Gasteiger partial charge in [-0.2, -0.15) is 0 Å². The Labute approximate surface area is 189 Å². The lowest BCUT2D eigenvalue weighted by Crippen LogP contribution is -2.49. The molecule has 32 heavy (non-hydrogen) atoms. The number of hydrogen-bond acceptors (Lipinski definition) is 7. The van der Waals surface area contributed by atoms with Gasteiger partial charge < -0.3 is 14.5 Å². The molecule has 2 saturated heterocycles. The third-order valence-corrected chi connectivity index (χ3v) is 8.60. The highest BCUT2D eigenvalue weighted by molar-refractivity contribution is 7.91. The van der Waals surface area contributed by atoms with Gasteiger partial charge in [0.05, 0.1) is 11.5 Å². The van der Waals surface area contributed by atoms with Gasteiger partial charge in [0, 0.05) is 19.6 Å². The molecule has 0 N–H and O–H groups in total. The van der Waals surface area contributed by atoms with Crippen LogP contribution in [0.5, 0.6) is 0 Å². The number of esters is 1. The van der Waals surface area contributed by atoms with Crippen molar-refractivity contribution < 1.29 is 32.3 Å². The number of sulfone groups is 1. The first-order chi connectivity index (χ1) is 15.1. The van der Waals surface area contributed by atoms with Crippen molar-refractivity contribution in [1.82, 2.24) is 14.7 Å². The fourth-order valence-corrected chi connectivity index (χ4v) is 6.66. The predicted octanol–water partition coefficient (Wildman–Crippen LogP) is 0.942. The molecule has 1 aliphatic carbocycles. The number of urea groups is 1. The highest BCUT2D eigenvalue weighted by Crippen LogP contribution is 2.39. The van der Waals surface area contributed by atoms with E-state index in [0.717, 1.165) is 30.6 Å².